The Balaban J connectivity index is 3.31. The zero-order chi connectivity index (χ0) is 7.98. The molecule has 0 aliphatic carbocycles. The standard InChI is InChI=1S/C8H16Cl2/c1-3-5-6-8(10)7(9)4-2/h7-8H,3-6H2,1-2H3/t7-,8+/m0/s1. The van der Waals surface area contributed by atoms with Gasteiger partial charge in [0.1, 0.15) is 0 Å². The lowest BCUT2D eigenvalue weighted by atomic mass is 10.1. The fourth-order valence-electron chi connectivity index (χ4n) is 0.836. The third-order valence-electron chi connectivity index (χ3n) is 1.62. The average molecular weight is 183 g/mol. The smallest absolute Gasteiger partial charge is 0.0499 e. The number of hydrogen-bond donors (Lipinski definition) is 0. The highest BCUT2D eigenvalue weighted by molar-refractivity contribution is 6.29. The Hall–Kier alpha value is 0.580. The lowest BCUT2D eigenvalue weighted by Crippen LogP contribution is -2.13. The van der Waals surface area contributed by atoms with Crippen molar-refractivity contribution in [1.29, 1.82) is 0 Å². The van der Waals surface area contributed by atoms with E-state index in [1.54, 1.807) is 0 Å². The first kappa shape index (κ1) is 10.6. The second-order valence-corrected chi connectivity index (χ2v) is 3.70. The number of hydrogen-bond acceptors (Lipinski definition) is 0. The van der Waals surface area contributed by atoms with Crippen LogP contribution in [-0.2, 0) is 0 Å². The van der Waals surface area contributed by atoms with Crippen LogP contribution in [0.4, 0.5) is 0 Å². The lowest BCUT2D eigenvalue weighted by Gasteiger charge is -2.12. The van der Waals surface area contributed by atoms with Crippen LogP contribution in [0.1, 0.15) is 39.5 Å². The van der Waals surface area contributed by atoms with Crippen LogP contribution >= 0.6 is 23.2 Å². The van der Waals surface area contributed by atoms with Gasteiger partial charge in [-0.25, -0.2) is 0 Å². The number of alkyl halides is 2. The minimum absolute atomic E-state index is 0.160. The van der Waals surface area contributed by atoms with Gasteiger partial charge in [0.25, 0.3) is 0 Å². The molecule has 0 amide bonds. The van der Waals surface area contributed by atoms with Crippen molar-refractivity contribution in [3.05, 3.63) is 0 Å². The third kappa shape index (κ3) is 4.40. The molecule has 0 aromatic rings. The number of halogens is 2. The van der Waals surface area contributed by atoms with Crippen LogP contribution in [0.2, 0.25) is 0 Å². The summed E-state index contributed by atoms with van der Waals surface area (Å²) in [4.78, 5) is 0. The third-order valence-corrected chi connectivity index (χ3v) is 2.88. The molecule has 10 heavy (non-hydrogen) atoms. The van der Waals surface area contributed by atoms with E-state index in [9.17, 15) is 0 Å². The second kappa shape index (κ2) is 6.30. The van der Waals surface area contributed by atoms with Gasteiger partial charge < -0.3 is 0 Å². The molecule has 0 aromatic heterocycles. The van der Waals surface area contributed by atoms with E-state index in [0.29, 0.717) is 0 Å². The molecule has 0 aliphatic heterocycles. The molecule has 0 N–H and O–H groups in total. The predicted molar refractivity (Wildman–Crippen MR) is 49.1 cm³/mol. The highest BCUT2D eigenvalue weighted by atomic mass is 35.5. The second-order valence-electron chi connectivity index (χ2n) is 2.58. The molecule has 0 fully saturated rings. The maximum absolute atomic E-state index is 5.98. The Morgan fingerprint density at radius 2 is 1.70 bits per heavy atom. The highest BCUT2D eigenvalue weighted by Crippen LogP contribution is 2.18. The van der Waals surface area contributed by atoms with Crippen LogP contribution < -0.4 is 0 Å². The summed E-state index contributed by atoms with van der Waals surface area (Å²) in [6, 6.07) is 0. The molecule has 2 atom stereocenters. The maximum atomic E-state index is 5.98. The first-order chi connectivity index (χ1) is 4.72. The largest absolute Gasteiger partial charge is 0.121 e. The Bertz CT molecular complexity index is 73.7. The Kier molecular flexibility index (Phi) is 6.67. The SMILES string of the molecule is CCCC[C@@H](Cl)[C@@H](Cl)CC. The van der Waals surface area contributed by atoms with Crippen LogP contribution in [0.5, 0.6) is 0 Å². The molecule has 0 nitrogen and oxygen atoms in total. The van der Waals surface area contributed by atoms with Crippen molar-refractivity contribution < 1.29 is 0 Å². The van der Waals surface area contributed by atoms with E-state index in [1.165, 1.54) is 12.8 Å². The zero-order valence-corrected chi connectivity index (χ0v) is 8.25. The minimum atomic E-state index is 0.160. The van der Waals surface area contributed by atoms with Gasteiger partial charge in [-0.3, -0.25) is 0 Å². The summed E-state index contributed by atoms with van der Waals surface area (Å²) in [5.41, 5.74) is 0. The van der Waals surface area contributed by atoms with E-state index in [2.05, 4.69) is 13.8 Å². The molecule has 0 unspecified atom stereocenters. The molecule has 2 heteroatoms. The molecule has 62 valence electrons. The van der Waals surface area contributed by atoms with Gasteiger partial charge in [-0.1, -0.05) is 26.7 Å². The van der Waals surface area contributed by atoms with Crippen molar-refractivity contribution in [1.82, 2.24) is 0 Å². The van der Waals surface area contributed by atoms with Crippen LogP contribution in [-0.4, -0.2) is 10.8 Å². The van der Waals surface area contributed by atoms with Crippen LogP contribution in [0.3, 0.4) is 0 Å². The molecule has 0 aromatic carbocycles. The van der Waals surface area contributed by atoms with Gasteiger partial charge in [-0.15, -0.1) is 23.2 Å². The van der Waals surface area contributed by atoms with E-state index in [0.717, 1.165) is 12.8 Å². The maximum Gasteiger partial charge on any atom is 0.0499 e. The topological polar surface area (TPSA) is 0 Å². The fourth-order valence-corrected chi connectivity index (χ4v) is 1.29. The van der Waals surface area contributed by atoms with Gasteiger partial charge in [0.05, 0.1) is 0 Å². The van der Waals surface area contributed by atoms with Gasteiger partial charge in [0.2, 0.25) is 0 Å². The zero-order valence-electron chi connectivity index (χ0n) is 6.74. The Morgan fingerprint density at radius 3 is 2.10 bits per heavy atom. The minimum Gasteiger partial charge on any atom is -0.121 e. The van der Waals surface area contributed by atoms with E-state index in [4.69, 9.17) is 23.2 Å². The quantitative estimate of drug-likeness (QED) is 0.568. The summed E-state index contributed by atoms with van der Waals surface area (Å²) in [5, 5.41) is 0.333. The molecule has 0 spiro atoms. The predicted octanol–water partition coefficient (Wildman–Crippen LogP) is 3.80. The summed E-state index contributed by atoms with van der Waals surface area (Å²) in [5.74, 6) is 0. The molecular formula is C8H16Cl2. The molecule has 0 heterocycles. The molecule has 0 saturated carbocycles. The monoisotopic (exact) mass is 182 g/mol. The first-order valence-electron chi connectivity index (χ1n) is 4.00. The summed E-state index contributed by atoms with van der Waals surface area (Å²) in [6.07, 6.45) is 4.42. The normalized spacial score (nSPS) is 16.8. The van der Waals surface area contributed by atoms with Crippen molar-refractivity contribution in [3.63, 3.8) is 0 Å². The van der Waals surface area contributed by atoms with E-state index in [-0.39, 0.29) is 10.8 Å². The van der Waals surface area contributed by atoms with Crippen molar-refractivity contribution in [3.8, 4) is 0 Å². The fraction of sp³-hybridized carbons (Fsp3) is 1.00. The van der Waals surface area contributed by atoms with Crippen molar-refractivity contribution >= 4 is 23.2 Å². The Labute approximate surface area is 73.9 Å². The van der Waals surface area contributed by atoms with Crippen LogP contribution in [0.25, 0.3) is 0 Å². The van der Waals surface area contributed by atoms with Gasteiger partial charge in [0, 0.05) is 10.8 Å². The van der Waals surface area contributed by atoms with Gasteiger partial charge in [-0.2, -0.15) is 0 Å². The average Bonchev–Trinajstić information content (AvgIpc) is 1.98. The van der Waals surface area contributed by atoms with Crippen molar-refractivity contribution in [2.24, 2.45) is 0 Å². The van der Waals surface area contributed by atoms with E-state index < -0.39 is 0 Å². The van der Waals surface area contributed by atoms with Gasteiger partial charge >= 0.3 is 0 Å². The summed E-state index contributed by atoms with van der Waals surface area (Å²) in [7, 11) is 0. The van der Waals surface area contributed by atoms with Crippen LogP contribution in [0.15, 0.2) is 0 Å². The summed E-state index contributed by atoms with van der Waals surface area (Å²) < 4.78 is 0. The lowest BCUT2D eigenvalue weighted by molar-refractivity contribution is 0.638. The van der Waals surface area contributed by atoms with E-state index >= 15 is 0 Å². The molecule has 0 rings (SSSR count). The van der Waals surface area contributed by atoms with Crippen molar-refractivity contribution in [2.45, 2.75) is 50.3 Å². The number of rotatable bonds is 5. The number of unbranched alkanes of at least 4 members (excludes halogenated alkanes) is 1. The summed E-state index contributed by atoms with van der Waals surface area (Å²) in [6.45, 7) is 4.23. The summed E-state index contributed by atoms with van der Waals surface area (Å²) >= 11 is 11.9. The van der Waals surface area contributed by atoms with Gasteiger partial charge in [-0.05, 0) is 12.8 Å². The van der Waals surface area contributed by atoms with Gasteiger partial charge in [0.15, 0.2) is 0 Å². The van der Waals surface area contributed by atoms with Crippen LogP contribution in [0, 0.1) is 0 Å². The molecule has 0 aliphatic rings. The molecular weight excluding hydrogens is 167 g/mol. The molecule has 0 saturated heterocycles. The van der Waals surface area contributed by atoms with Crippen molar-refractivity contribution in [2.75, 3.05) is 0 Å². The molecule has 0 radical (unpaired) electrons. The first-order valence-corrected chi connectivity index (χ1v) is 4.87. The Morgan fingerprint density at radius 1 is 1.10 bits per heavy atom. The molecule has 0 bridgehead atoms. The van der Waals surface area contributed by atoms with E-state index in [1.807, 2.05) is 0 Å². The highest BCUT2D eigenvalue weighted by Gasteiger charge is 2.12.